The molecule has 0 fully saturated rings. The van der Waals surface area contributed by atoms with Crippen LogP contribution in [0.25, 0.3) is 0 Å². The van der Waals surface area contributed by atoms with Crippen molar-refractivity contribution in [2.45, 2.75) is 25.5 Å². The smallest absolute Gasteiger partial charge is 0.261 e. The van der Waals surface area contributed by atoms with E-state index in [1.54, 1.807) is 24.4 Å². The number of aliphatic hydroxyl groups excluding tert-OH is 1. The number of aliphatic hydroxyl groups is 2. The second kappa shape index (κ2) is 6.65. The number of rotatable bonds is 6. The lowest BCUT2D eigenvalue weighted by Crippen LogP contribution is -2.50. The summed E-state index contributed by atoms with van der Waals surface area (Å²) in [5.74, 6) is -0.731. The van der Waals surface area contributed by atoms with Crippen molar-refractivity contribution < 1.29 is 19.8 Å². The minimum absolute atomic E-state index is 0.0818. The molecule has 1 heterocycles. The van der Waals surface area contributed by atoms with Gasteiger partial charge in [0.15, 0.2) is 0 Å². The van der Waals surface area contributed by atoms with Crippen LogP contribution in [0, 0.1) is 0 Å². The maximum Gasteiger partial charge on any atom is 0.261 e. The Morgan fingerprint density at radius 2 is 2.21 bits per heavy atom. The van der Waals surface area contributed by atoms with Crippen LogP contribution >= 0.6 is 11.3 Å². The van der Waals surface area contributed by atoms with E-state index in [0.717, 1.165) is 0 Å². The first-order valence-corrected chi connectivity index (χ1v) is 6.69. The molecule has 0 spiro atoms. The molecule has 7 heteroatoms. The first kappa shape index (κ1) is 15.6. The second-order valence-corrected chi connectivity index (χ2v) is 5.49. The summed E-state index contributed by atoms with van der Waals surface area (Å²) < 4.78 is 0. The Labute approximate surface area is 115 Å². The molecule has 0 bridgehead atoms. The fraction of sp³-hybridized carbons (Fsp3) is 0.500. The van der Waals surface area contributed by atoms with Crippen LogP contribution in [0.2, 0.25) is 0 Å². The van der Waals surface area contributed by atoms with Gasteiger partial charge in [-0.3, -0.25) is 9.59 Å². The molecular weight excluding hydrogens is 268 g/mol. The zero-order valence-corrected chi connectivity index (χ0v) is 11.7. The zero-order chi connectivity index (χ0) is 14.5. The first-order valence-electron chi connectivity index (χ1n) is 5.81. The molecule has 1 rings (SSSR count). The van der Waals surface area contributed by atoms with Crippen LogP contribution in [0.3, 0.4) is 0 Å². The molecule has 2 atom stereocenters. The molecule has 0 aliphatic rings. The van der Waals surface area contributed by atoms with Crippen molar-refractivity contribution in [3.8, 4) is 0 Å². The molecule has 0 aliphatic heterocycles. The van der Waals surface area contributed by atoms with Gasteiger partial charge in [0.1, 0.15) is 11.6 Å². The Morgan fingerprint density at radius 1 is 1.53 bits per heavy atom. The molecule has 2 unspecified atom stereocenters. The van der Waals surface area contributed by atoms with Crippen LogP contribution in [0.15, 0.2) is 17.5 Å². The molecule has 0 aliphatic carbocycles. The van der Waals surface area contributed by atoms with Gasteiger partial charge in [-0.25, -0.2) is 0 Å². The number of hydrogen-bond acceptors (Lipinski definition) is 5. The summed E-state index contributed by atoms with van der Waals surface area (Å²) in [7, 11) is 0. The highest BCUT2D eigenvalue weighted by atomic mass is 32.1. The number of amides is 2. The van der Waals surface area contributed by atoms with Crippen molar-refractivity contribution >= 4 is 23.2 Å². The Bertz CT molecular complexity index is 431. The van der Waals surface area contributed by atoms with Gasteiger partial charge in [-0.05, 0) is 25.3 Å². The Kier molecular flexibility index (Phi) is 5.46. The standard InChI is InChI=1S/C12H18N2O4S/c1-8(10(16)13-6-12(2,18)7-15)14-11(17)9-4-3-5-19-9/h3-5,8,15,18H,6-7H2,1-2H3,(H,13,16)(H,14,17). The van der Waals surface area contributed by atoms with Gasteiger partial charge in [-0.2, -0.15) is 0 Å². The third-order valence-corrected chi connectivity index (χ3v) is 3.34. The third kappa shape index (κ3) is 4.98. The molecule has 0 saturated carbocycles. The minimum Gasteiger partial charge on any atom is -0.393 e. The van der Waals surface area contributed by atoms with Gasteiger partial charge in [0.2, 0.25) is 5.91 Å². The highest BCUT2D eigenvalue weighted by Crippen LogP contribution is 2.08. The fourth-order valence-corrected chi connectivity index (χ4v) is 1.85. The highest BCUT2D eigenvalue weighted by molar-refractivity contribution is 7.12. The zero-order valence-electron chi connectivity index (χ0n) is 10.8. The van der Waals surface area contributed by atoms with Gasteiger partial charge in [0.25, 0.3) is 5.91 Å². The third-order valence-electron chi connectivity index (χ3n) is 2.47. The Hall–Kier alpha value is -1.44. The van der Waals surface area contributed by atoms with E-state index in [1.807, 2.05) is 0 Å². The average Bonchev–Trinajstić information content (AvgIpc) is 2.89. The van der Waals surface area contributed by atoms with E-state index < -0.39 is 24.2 Å². The van der Waals surface area contributed by atoms with E-state index in [4.69, 9.17) is 5.11 Å². The van der Waals surface area contributed by atoms with Crippen molar-refractivity contribution in [3.63, 3.8) is 0 Å². The molecule has 0 aromatic carbocycles. The lowest BCUT2D eigenvalue weighted by atomic mass is 10.1. The fourth-order valence-electron chi connectivity index (χ4n) is 1.23. The summed E-state index contributed by atoms with van der Waals surface area (Å²) in [6.45, 7) is 2.42. The quantitative estimate of drug-likeness (QED) is 0.578. The molecule has 19 heavy (non-hydrogen) atoms. The van der Waals surface area contributed by atoms with Gasteiger partial charge in [0, 0.05) is 6.54 Å². The summed E-state index contributed by atoms with van der Waals surface area (Å²) in [6.07, 6.45) is 0. The van der Waals surface area contributed by atoms with Gasteiger partial charge in [-0.15, -0.1) is 11.3 Å². The van der Waals surface area contributed by atoms with Crippen molar-refractivity contribution in [1.29, 1.82) is 0 Å². The van der Waals surface area contributed by atoms with Crippen LogP contribution in [0.5, 0.6) is 0 Å². The summed E-state index contributed by atoms with van der Waals surface area (Å²) in [5.41, 5.74) is -1.37. The molecule has 0 saturated heterocycles. The lowest BCUT2D eigenvalue weighted by molar-refractivity contribution is -0.124. The first-order chi connectivity index (χ1) is 8.85. The molecule has 1 aromatic rings. The normalized spacial score (nSPS) is 15.4. The molecule has 106 valence electrons. The highest BCUT2D eigenvalue weighted by Gasteiger charge is 2.22. The number of nitrogens with one attached hydrogen (secondary N) is 2. The molecule has 0 radical (unpaired) electrons. The van der Waals surface area contributed by atoms with Gasteiger partial charge in [0.05, 0.1) is 11.5 Å². The van der Waals surface area contributed by atoms with E-state index in [-0.39, 0.29) is 12.5 Å². The lowest BCUT2D eigenvalue weighted by Gasteiger charge is -2.22. The van der Waals surface area contributed by atoms with Crippen molar-refractivity contribution in [2.75, 3.05) is 13.2 Å². The maximum atomic E-state index is 11.7. The SMILES string of the molecule is CC(NC(=O)c1cccs1)C(=O)NCC(C)(O)CO. The summed E-state index contributed by atoms with van der Waals surface area (Å²) >= 11 is 1.29. The van der Waals surface area contributed by atoms with Gasteiger partial charge < -0.3 is 20.8 Å². The number of hydrogen-bond donors (Lipinski definition) is 4. The Balaban J connectivity index is 2.43. The van der Waals surface area contributed by atoms with Crippen LogP contribution in [-0.2, 0) is 4.79 Å². The van der Waals surface area contributed by atoms with E-state index in [2.05, 4.69) is 10.6 Å². The summed E-state index contributed by atoms with van der Waals surface area (Å²) in [6, 6.07) is 2.70. The average molecular weight is 286 g/mol. The molecule has 4 N–H and O–H groups in total. The predicted molar refractivity (Wildman–Crippen MR) is 72.0 cm³/mol. The number of carbonyl (C=O) groups is 2. The summed E-state index contributed by atoms with van der Waals surface area (Å²) in [4.78, 5) is 23.9. The van der Waals surface area contributed by atoms with E-state index >= 15 is 0 Å². The van der Waals surface area contributed by atoms with Crippen molar-refractivity contribution in [2.24, 2.45) is 0 Å². The molecular formula is C12H18N2O4S. The monoisotopic (exact) mass is 286 g/mol. The van der Waals surface area contributed by atoms with E-state index in [0.29, 0.717) is 4.88 Å². The topological polar surface area (TPSA) is 98.7 Å². The van der Waals surface area contributed by atoms with Crippen LogP contribution in [0.4, 0.5) is 0 Å². The predicted octanol–water partition coefficient (Wildman–Crippen LogP) is -0.274. The Morgan fingerprint density at radius 3 is 2.74 bits per heavy atom. The second-order valence-electron chi connectivity index (χ2n) is 4.55. The van der Waals surface area contributed by atoms with E-state index in [1.165, 1.54) is 18.3 Å². The maximum absolute atomic E-state index is 11.7. The largest absolute Gasteiger partial charge is 0.393 e. The molecule has 6 nitrogen and oxygen atoms in total. The number of thiophene rings is 1. The van der Waals surface area contributed by atoms with Gasteiger partial charge >= 0.3 is 0 Å². The summed E-state index contributed by atoms with van der Waals surface area (Å²) in [5, 5.41) is 25.2. The van der Waals surface area contributed by atoms with Crippen molar-refractivity contribution in [1.82, 2.24) is 10.6 Å². The van der Waals surface area contributed by atoms with Crippen molar-refractivity contribution in [3.05, 3.63) is 22.4 Å². The van der Waals surface area contributed by atoms with Gasteiger partial charge in [-0.1, -0.05) is 6.07 Å². The molecule has 1 aromatic heterocycles. The minimum atomic E-state index is -1.37. The van der Waals surface area contributed by atoms with Crippen LogP contribution in [-0.4, -0.2) is 46.8 Å². The van der Waals surface area contributed by atoms with Crippen LogP contribution in [0.1, 0.15) is 23.5 Å². The number of carbonyl (C=O) groups excluding carboxylic acids is 2. The van der Waals surface area contributed by atoms with Crippen LogP contribution < -0.4 is 10.6 Å². The molecule has 2 amide bonds. The van der Waals surface area contributed by atoms with E-state index in [9.17, 15) is 14.7 Å².